The molecule has 41 nitrogen and oxygen atoms in total. The number of aromatic amines is 2. The van der Waals surface area contributed by atoms with Crippen molar-refractivity contribution in [2.24, 2.45) is 29.0 Å². The Balaban J connectivity index is 1.18. The Morgan fingerprint density at radius 2 is 1.07 bits per heavy atom. The summed E-state index contributed by atoms with van der Waals surface area (Å²) in [4.78, 5) is 271. The van der Waals surface area contributed by atoms with E-state index < -0.39 is 267 Å². The lowest BCUT2D eigenvalue weighted by Gasteiger charge is -2.36. The lowest BCUT2D eigenvalue weighted by molar-refractivity contribution is -0.149. The number of para-hydroxylation sites is 2. The van der Waals surface area contributed by atoms with Gasteiger partial charge in [-0.25, -0.2) is 0 Å². The number of amides is 17. The minimum absolute atomic E-state index is 0.00658. The fourth-order valence-electron chi connectivity index (χ4n) is 16.2. The minimum atomic E-state index is -1.93. The summed E-state index contributed by atoms with van der Waals surface area (Å²) in [5, 5.41) is 67.7. The van der Waals surface area contributed by atoms with Crippen LogP contribution in [0.2, 0.25) is 0 Å². The zero-order valence-electron chi connectivity index (χ0n) is 74.3. The van der Waals surface area contributed by atoms with Crippen LogP contribution < -0.4 is 65.1 Å². The van der Waals surface area contributed by atoms with Crippen LogP contribution in [0.5, 0.6) is 5.75 Å². The summed E-state index contributed by atoms with van der Waals surface area (Å²) in [5.41, 5.74) is 19.3. The Kier molecular flexibility index (Phi) is 38.5. The van der Waals surface area contributed by atoms with E-state index in [4.69, 9.17) is 17.2 Å². The maximum atomic E-state index is 15.7. The van der Waals surface area contributed by atoms with Gasteiger partial charge in [-0.1, -0.05) is 102 Å². The van der Waals surface area contributed by atoms with Crippen LogP contribution in [0.15, 0.2) is 85.2 Å². The minimum Gasteiger partial charge on any atom is -0.508 e. The fraction of sp³-hybridized carbons (Fsp3) is 0.545. The molecule has 5 aromatic rings. The van der Waals surface area contributed by atoms with Crippen LogP contribution in [0.4, 0.5) is 0 Å². The number of nitrogens with zero attached hydrogens (tertiary/aromatic N) is 5. The van der Waals surface area contributed by atoms with Gasteiger partial charge in [0.2, 0.25) is 100 Å². The zero-order valence-corrected chi connectivity index (χ0v) is 75.1. The van der Waals surface area contributed by atoms with Gasteiger partial charge in [-0.05, 0) is 98.7 Å². The van der Waals surface area contributed by atoms with Crippen LogP contribution in [-0.4, -0.2) is 311 Å². The van der Waals surface area contributed by atoms with Crippen molar-refractivity contribution in [1.29, 1.82) is 0 Å². The summed E-state index contributed by atoms with van der Waals surface area (Å²) in [6.45, 7) is 4.75. The molecule has 130 heavy (non-hydrogen) atoms. The number of aromatic nitrogens is 2. The van der Waals surface area contributed by atoms with E-state index in [-0.39, 0.29) is 69.6 Å². The van der Waals surface area contributed by atoms with Gasteiger partial charge in [0.05, 0.1) is 44.1 Å². The number of thioether (sulfide) groups is 1. The number of hydrogen-bond donors (Lipinski definition) is 18. The Bertz CT molecular complexity index is 4910. The molecule has 17 amide bonds. The Labute approximate surface area is 755 Å². The van der Waals surface area contributed by atoms with Crippen molar-refractivity contribution in [3.8, 4) is 5.75 Å². The van der Waals surface area contributed by atoms with Crippen LogP contribution in [0, 0.1) is 11.8 Å². The highest BCUT2D eigenvalue weighted by molar-refractivity contribution is 8.00. The van der Waals surface area contributed by atoms with Crippen molar-refractivity contribution in [2.75, 3.05) is 65.5 Å². The fourth-order valence-corrected chi connectivity index (χ4v) is 17.0. The monoisotopic (exact) mass is 1830 g/mol. The van der Waals surface area contributed by atoms with E-state index >= 15 is 33.6 Å². The molecule has 21 N–H and O–H groups in total. The lowest BCUT2D eigenvalue weighted by atomic mass is 9.90. The second kappa shape index (κ2) is 48.7. The normalized spacial score (nSPS) is 25.4. The number of benzene rings is 3. The summed E-state index contributed by atoms with van der Waals surface area (Å²) < 4.78 is 0. The maximum absolute atomic E-state index is 15.7. The number of aliphatic hydroxyl groups excluding tert-OH is 3. The number of hydrogen-bond acceptors (Lipinski definition) is 23. The number of ketones is 1. The third-order valence-electron chi connectivity index (χ3n) is 23.5. The van der Waals surface area contributed by atoms with E-state index in [0.29, 0.717) is 64.2 Å². The van der Waals surface area contributed by atoms with Crippen LogP contribution in [0.3, 0.4) is 0 Å². The number of H-pyrrole nitrogens is 2. The largest absolute Gasteiger partial charge is 0.508 e. The molecule has 0 unspecified atom stereocenters. The Morgan fingerprint density at radius 1 is 0.538 bits per heavy atom. The summed E-state index contributed by atoms with van der Waals surface area (Å²) in [6.07, 6.45) is -0.435. The molecule has 2 aromatic heterocycles. The SMILES string of the molecule is CCCC[C@H]1C(=O)N(C)[C@@H](CCCC)C(=O)N[C@@H](CC(C)C)C(=O)N[C@H](C(=O)NCC(N)=O)CSCC(=O)N[C@@H](Cc2ccc(O)cc2)C(=O)N(C)[C@@H](C)C(=O)N[C@@H](CC(N)=O)C(=O)N2CCC[C@H]2C(=O)N[C@@H](CO)C(=O)N[C@@H](CCC(N)=O)C(=O)N2C[C@H](O)C[C@H]2C(=O)C[C@@H](Cc2c[nH]c3ccccc23)C(=O)N[C@@H](CO)C(=O)N[C@@H](Cc2c[nH]c3ccccc23)C(=O)N1C. The van der Waals surface area contributed by atoms with Crippen molar-refractivity contribution in [2.45, 2.75) is 228 Å². The number of fused-ring (bicyclic) bond motifs is 4. The number of nitrogens with one attached hydrogen (secondary N) is 11. The molecule has 0 radical (unpaired) electrons. The molecular weight excluding hydrogens is 1710 g/mol. The number of carbonyl (C=O) groups is 18. The molecule has 0 aliphatic carbocycles. The molecule has 3 aromatic carbocycles. The van der Waals surface area contributed by atoms with Crippen LogP contribution >= 0.6 is 11.8 Å². The third-order valence-corrected chi connectivity index (χ3v) is 24.6. The van der Waals surface area contributed by atoms with Crippen molar-refractivity contribution >= 4 is 140 Å². The predicted molar refractivity (Wildman–Crippen MR) is 475 cm³/mol. The number of carbonyl (C=O) groups excluding carboxylic acids is 18. The molecule has 3 fully saturated rings. The van der Waals surface area contributed by atoms with Gasteiger partial charge in [0.25, 0.3) is 0 Å². The number of rotatable bonds is 24. The van der Waals surface area contributed by atoms with Gasteiger partial charge >= 0.3 is 0 Å². The molecule has 0 spiro atoms. The average molecular weight is 1830 g/mol. The summed E-state index contributed by atoms with van der Waals surface area (Å²) >= 11 is 0.780. The number of phenols is 1. The number of primary amides is 3. The van der Waals surface area contributed by atoms with Crippen LogP contribution in [0.1, 0.15) is 141 Å². The topological polar surface area (TPSA) is 622 Å². The second-order valence-electron chi connectivity index (χ2n) is 33.7. The highest BCUT2D eigenvalue weighted by atomic mass is 32.2. The first-order valence-corrected chi connectivity index (χ1v) is 44.8. The molecule has 8 rings (SSSR count). The van der Waals surface area contributed by atoms with E-state index in [0.717, 1.165) is 31.4 Å². The highest BCUT2D eigenvalue weighted by Crippen LogP contribution is 2.30. The average Bonchev–Trinajstić information content (AvgIpc) is 1.56. The molecule has 3 aliphatic heterocycles. The Hall–Kier alpha value is -12.6. The molecule has 3 saturated heterocycles. The molecule has 15 atom stereocenters. The van der Waals surface area contributed by atoms with Crippen LogP contribution in [-0.2, 0) is 106 Å². The van der Waals surface area contributed by atoms with E-state index in [9.17, 15) is 73.2 Å². The van der Waals surface area contributed by atoms with Gasteiger partial charge < -0.3 is 120 Å². The van der Waals surface area contributed by atoms with Crippen molar-refractivity contribution in [3.05, 3.63) is 102 Å². The number of aromatic hydroxyl groups is 1. The smallest absolute Gasteiger partial charge is 0.246 e. The summed E-state index contributed by atoms with van der Waals surface area (Å²) in [5.74, 6) is -20.3. The molecular formula is C88H123N19O22S. The van der Waals surface area contributed by atoms with Crippen molar-refractivity contribution in [1.82, 2.24) is 82.3 Å². The number of aliphatic hydroxyl groups is 3. The highest BCUT2D eigenvalue weighted by Gasteiger charge is 2.47. The predicted octanol–water partition coefficient (Wildman–Crippen LogP) is -2.81. The van der Waals surface area contributed by atoms with Gasteiger partial charge in [-0.3, -0.25) is 86.3 Å². The zero-order chi connectivity index (χ0) is 95.5. The second-order valence-corrected chi connectivity index (χ2v) is 34.7. The first kappa shape index (κ1) is 103. The standard InChI is InChI=1S/C88H123N19O22S/c1-9-11-22-67-82(123)97-60(32-47(3)4)79(120)102-66(78(119)94-41-74(91)115)45-130-46-75(116)95-61(33-49-25-27-53(110)28-26-49)84(125)103(6)48(5)76(117)98-63(38-73(90)114)87(128)106-31-17-24-68(106)83(124)101-65(44-109)80(121)96-59(29-30-72(89)113)86(127)107-42-54(111)37-70(107)71(112)36-50(34-51-39-92-57-20-15-13-18-55(51)57)77(118)100-64(43-108)81(122)99-62(35-52-40-93-58-21-16-14-19-56(52)58)85(126)105(8)69(23-12-10-2)88(129)104(67)7/h13-16,18-21,25-28,39-40,47-48,50,54,59-70,92-93,108-111H,9-12,17,22-24,29-38,41-46H2,1-8H3,(H2,89,113)(H2,90,114)(H2,91,115)(H,94,119)(H,95,116)(H,96,121)(H,97,123)(H,98,117)(H,99,122)(H,100,118)(H,101,124)(H,102,120)/t48-,50+,54+,59-,60-,61-,62-,63-,64-,65-,66-,67-,68-,69-,70-/m0/s1. The molecule has 0 saturated carbocycles. The van der Waals surface area contributed by atoms with Gasteiger partial charge in [-0.2, -0.15) is 0 Å². The van der Waals surface area contributed by atoms with Crippen molar-refractivity contribution in [3.63, 3.8) is 0 Å². The number of nitrogens with two attached hydrogens (primary N) is 3. The van der Waals surface area contributed by atoms with Gasteiger partial charge in [0.15, 0.2) is 5.78 Å². The van der Waals surface area contributed by atoms with Crippen LogP contribution in [0.25, 0.3) is 21.8 Å². The molecule has 3 aliphatic rings. The summed E-state index contributed by atoms with van der Waals surface area (Å²) in [7, 11) is 3.91. The van der Waals surface area contributed by atoms with E-state index in [1.807, 2.05) is 13.8 Å². The number of likely N-dealkylation sites (N-methyl/N-ethyl adjacent to an activating group) is 3. The third kappa shape index (κ3) is 28.2. The number of Topliss-reactive ketones (excluding diaryl/α,β-unsaturated/α-hetero) is 1. The number of phenolic OH excluding ortho intramolecular Hbond substituents is 1. The van der Waals surface area contributed by atoms with E-state index in [2.05, 4.69) is 57.8 Å². The van der Waals surface area contributed by atoms with E-state index in [1.165, 1.54) is 57.2 Å². The van der Waals surface area contributed by atoms with Crippen molar-refractivity contribution < 1.29 is 107 Å². The first-order valence-electron chi connectivity index (χ1n) is 43.6. The summed E-state index contributed by atoms with van der Waals surface area (Å²) in [6, 6.07) is -1.22. The lowest BCUT2D eigenvalue weighted by Crippen LogP contribution is -2.61. The van der Waals surface area contributed by atoms with Gasteiger partial charge in [0, 0.05) is 112 Å². The molecule has 42 heteroatoms. The maximum Gasteiger partial charge on any atom is 0.246 e. The Morgan fingerprint density at radius 3 is 1.65 bits per heavy atom. The molecule has 0 bridgehead atoms. The van der Waals surface area contributed by atoms with Gasteiger partial charge in [-0.15, -0.1) is 11.8 Å². The van der Waals surface area contributed by atoms with Gasteiger partial charge in [0.1, 0.15) is 78.3 Å². The first-order chi connectivity index (χ1) is 61.8. The quantitative estimate of drug-likeness (QED) is 0.0296. The molecule has 708 valence electrons. The molecule has 5 heterocycles. The van der Waals surface area contributed by atoms with E-state index in [1.54, 1.807) is 74.8 Å². The number of unbranched alkanes of at least 4 members (excludes halogenated alkanes) is 2.